The molecule has 0 bridgehead atoms. The lowest BCUT2D eigenvalue weighted by atomic mass is 10.1. The Kier molecular flexibility index (Phi) is 6.11. The molecular formula is C16H24ClN3O3S. The van der Waals surface area contributed by atoms with Gasteiger partial charge in [0.1, 0.15) is 0 Å². The average Bonchev–Trinajstić information content (AvgIpc) is 3.13. The predicted octanol–water partition coefficient (Wildman–Crippen LogP) is 1.44. The van der Waals surface area contributed by atoms with Gasteiger partial charge in [-0.25, -0.2) is 8.42 Å². The number of rotatable bonds is 4. The van der Waals surface area contributed by atoms with E-state index in [0.717, 1.165) is 24.9 Å². The van der Waals surface area contributed by atoms with Crippen LogP contribution in [0.15, 0.2) is 18.2 Å². The predicted molar refractivity (Wildman–Crippen MR) is 97.5 cm³/mol. The summed E-state index contributed by atoms with van der Waals surface area (Å²) in [4.78, 5) is 12.3. The second kappa shape index (κ2) is 7.72. The molecule has 6 nitrogen and oxygen atoms in total. The van der Waals surface area contributed by atoms with E-state index < -0.39 is 10.0 Å². The van der Waals surface area contributed by atoms with E-state index in [4.69, 9.17) is 0 Å². The van der Waals surface area contributed by atoms with E-state index in [-0.39, 0.29) is 24.1 Å². The summed E-state index contributed by atoms with van der Waals surface area (Å²) in [5, 5.41) is 6.30. The zero-order valence-electron chi connectivity index (χ0n) is 13.7. The van der Waals surface area contributed by atoms with Gasteiger partial charge >= 0.3 is 0 Å². The quantitative estimate of drug-likeness (QED) is 0.837. The maximum atomic E-state index is 12.3. The lowest BCUT2D eigenvalue weighted by Gasteiger charge is -2.18. The van der Waals surface area contributed by atoms with Crippen LogP contribution < -0.4 is 14.9 Å². The Bertz CT molecular complexity index is 703. The smallest absolute Gasteiger partial charge is 0.251 e. The van der Waals surface area contributed by atoms with Crippen molar-refractivity contribution in [3.8, 4) is 0 Å². The maximum Gasteiger partial charge on any atom is 0.251 e. The third-order valence-electron chi connectivity index (χ3n) is 4.51. The molecule has 2 heterocycles. The Hall–Kier alpha value is -1.31. The highest BCUT2D eigenvalue weighted by Gasteiger charge is 2.28. The number of carbonyl (C=O) groups is 1. The number of halogens is 1. The number of sulfonamides is 1. The summed E-state index contributed by atoms with van der Waals surface area (Å²) in [6, 6.07) is 5.58. The largest absolute Gasteiger partial charge is 0.350 e. The van der Waals surface area contributed by atoms with Crippen molar-refractivity contribution in [2.75, 3.05) is 29.7 Å². The molecule has 2 saturated heterocycles. The molecule has 0 saturated carbocycles. The summed E-state index contributed by atoms with van der Waals surface area (Å²) in [5.74, 6) is 0.0925. The number of anilines is 1. The molecular weight excluding hydrogens is 350 g/mol. The Morgan fingerprint density at radius 1 is 1.38 bits per heavy atom. The van der Waals surface area contributed by atoms with Gasteiger partial charge in [0.15, 0.2) is 0 Å². The SMILES string of the molecule is Cc1cc(N2CCCS2(=O)=O)ccc1C(=O)NCC1CCCN1.Cl. The van der Waals surface area contributed by atoms with E-state index in [1.165, 1.54) is 4.31 Å². The first-order chi connectivity index (χ1) is 11.0. The summed E-state index contributed by atoms with van der Waals surface area (Å²) in [6.45, 7) is 3.99. The molecule has 0 aromatic heterocycles. The Labute approximate surface area is 149 Å². The first-order valence-electron chi connectivity index (χ1n) is 8.10. The summed E-state index contributed by atoms with van der Waals surface area (Å²) in [5.41, 5.74) is 2.04. The molecule has 1 aromatic carbocycles. The fourth-order valence-corrected chi connectivity index (χ4v) is 4.79. The Balaban J connectivity index is 0.00000208. The third-order valence-corrected chi connectivity index (χ3v) is 6.38. The monoisotopic (exact) mass is 373 g/mol. The van der Waals surface area contributed by atoms with Crippen LogP contribution in [0.25, 0.3) is 0 Å². The van der Waals surface area contributed by atoms with Crippen LogP contribution in [0.3, 0.4) is 0 Å². The van der Waals surface area contributed by atoms with Crippen molar-refractivity contribution in [1.29, 1.82) is 0 Å². The Morgan fingerprint density at radius 3 is 2.75 bits per heavy atom. The van der Waals surface area contributed by atoms with Crippen molar-refractivity contribution in [3.05, 3.63) is 29.3 Å². The molecule has 1 aromatic rings. The fraction of sp³-hybridized carbons (Fsp3) is 0.562. The summed E-state index contributed by atoms with van der Waals surface area (Å²) < 4.78 is 25.4. The summed E-state index contributed by atoms with van der Waals surface area (Å²) in [6.07, 6.45) is 2.89. The number of hydrogen-bond acceptors (Lipinski definition) is 4. The van der Waals surface area contributed by atoms with Crippen LogP contribution in [-0.4, -0.2) is 45.8 Å². The molecule has 1 unspecified atom stereocenters. The second-order valence-corrected chi connectivity index (χ2v) is 8.26. The standard InChI is InChI=1S/C16H23N3O3S.ClH/c1-12-10-14(19-8-3-9-23(19,21)22)5-6-15(12)16(20)18-11-13-4-2-7-17-13;/h5-6,10,13,17H,2-4,7-9,11H2,1H3,(H,18,20);1H. The van der Waals surface area contributed by atoms with Crippen molar-refractivity contribution >= 4 is 34.0 Å². The number of benzene rings is 1. The summed E-state index contributed by atoms with van der Waals surface area (Å²) in [7, 11) is -3.19. The number of carbonyl (C=O) groups excluding carboxylic acids is 1. The van der Waals surface area contributed by atoms with Crippen molar-refractivity contribution in [2.45, 2.75) is 32.2 Å². The van der Waals surface area contributed by atoms with Gasteiger partial charge in [0.2, 0.25) is 10.0 Å². The molecule has 1 atom stereocenters. The van der Waals surface area contributed by atoms with Crippen molar-refractivity contribution in [2.24, 2.45) is 0 Å². The highest BCUT2D eigenvalue weighted by atomic mass is 35.5. The topological polar surface area (TPSA) is 78.5 Å². The highest BCUT2D eigenvalue weighted by molar-refractivity contribution is 7.93. The van der Waals surface area contributed by atoms with Crippen molar-refractivity contribution in [3.63, 3.8) is 0 Å². The summed E-state index contributed by atoms with van der Waals surface area (Å²) >= 11 is 0. The van der Waals surface area contributed by atoms with Gasteiger partial charge in [-0.05, 0) is 56.5 Å². The van der Waals surface area contributed by atoms with Gasteiger partial charge in [-0.2, -0.15) is 0 Å². The van der Waals surface area contributed by atoms with Gasteiger partial charge < -0.3 is 10.6 Å². The van der Waals surface area contributed by atoms with E-state index in [2.05, 4.69) is 10.6 Å². The molecule has 2 aliphatic rings. The Morgan fingerprint density at radius 2 is 2.17 bits per heavy atom. The number of hydrogen-bond donors (Lipinski definition) is 2. The second-order valence-electron chi connectivity index (χ2n) is 6.24. The van der Waals surface area contributed by atoms with Crippen molar-refractivity contribution < 1.29 is 13.2 Å². The average molecular weight is 374 g/mol. The molecule has 0 radical (unpaired) electrons. The first kappa shape index (κ1) is 19.0. The molecule has 24 heavy (non-hydrogen) atoms. The van der Waals surface area contributed by atoms with Gasteiger partial charge in [0.25, 0.3) is 5.91 Å². The van der Waals surface area contributed by atoms with E-state index in [0.29, 0.717) is 36.8 Å². The highest BCUT2D eigenvalue weighted by Crippen LogP contribution is 2.26. The van der Waals surface area contributed by atoms with Gasteiger partial charge in [0.05, 0.1) is 11.4 Å². The molecule has 3 rings (SSSR count). The number of nitrogens with zero attached hydrogens (tertiary/aromatic N) is 1. The van der Waals surface area contributed by atoms with E-state index in [9.17, 15) is 13.2 Å². The van der Waals surface area contributed by atoms with Gasteiger partial charge in [0, 0.05) is 24.7 Å². The van der Waals surface area contributed by atoms with E-state index >= 15 is 0 Å². The lowest BCUT2D eigenvalue weighted by Crippen LogP contribution is -2.37. The lowest BCUT2D eigenvalue weighted by molar-refractivity contribution is 0.0949. The minimum Gasteiger partial charge on any atom is -0.350 e. The van der Waals surface area contributed by atoms with Crippen LogP contribution in [0.1, 0.15) is 35.2 Å². The van der Waals surface area contributed by atoms with Gasteiger partial charge in [-0.1, -0.05) is 0 Å². The zero-order chi connectivity index (χ0) is 16.4. The van der Waals surface area contributed by atoms with Gasteiger partial charge in [-0.15, -0.1) is 12.4 Å². The first-order valence-corrected chi connectivity index (χ1v) is 9.71. The van der Waals surface area contributed by atoms with E-state index in [1.807, 2.05) is 6.92 Å². The molecule has 134 valence electrons. The normalized spacial score (nSPS) is 22.2. The molecule has 2 fully saturated rings. The molecule has 2 N–H and O–H groups in total. The third kappa shape index (κ3) is 4.02. The zero-order valence-corrected chi connectivity index (χ0v) is 15.4. The van der Waals surface area contributed by atoms with Crippen LogP contribution in [-0.2, 0) is 10.0 Å². The van der Waals surface area contributed by atoms with Crippen LogP contribution >= 0.6 is 12.4 Å². The fourth-order valence-electron chi connectivity index (χ4n) is 3.23. The number of aryl methyl sites for hydroxylation is 1. The van der Waals surface area contributed by atoms with Crippen LogP contribution in [0.5, 0.6) is 0 Å². The van der Waals surface area contributed by atoms with E-state index in [1.54, 1.807) is 18.2 Å². The maximum absolute atomic E-state index is 12.3. The van der Waals surface area contributed by atoms with Gasteiger partial charge in [-0.3, -0.25) is 9.10 Å². The molecule has 0 aliphatic carbocycles. The van der Waals surface area contributed by atoms with Crippen LogP contribution in [0.2, 0.25) is 0 Å². The molecule has 1 amide bonds. The molecule has 8 heteroatoms. The molecule has 2 aliphatic heterocycles. The molecule has 0 spiro atoms. The minimum absolute atomic E-state index is 0. The van der Waals surface area contributed by atoms with Crippen molar-refractivity contribution in [1.82, 2.24) is 10.6 Å². The van der Waals surface area contributed by atoms with Crippen LogP contribution in [0, 0.1) is 6.92 Å². The number of nitrogens with one attached hydrogen (secondary N) is 2. The van der Waals surface area contributed by atoms with Crippen LogP contribution in [0.4, 0.5) is 5.69 Å². The number of amides is 1. The minimum atomic E-state index is -3.19.